The van der Waals surface area contributed by atoms with E-state index in [9.17, 15) is 20.1 Å². The topological polar surface area (TPSA) is 203 Å². The van der Waals surface area contributed by atoms with E-state index in [1.165, 1.54) is 0 Å². The summed E-state index contributed by atoms with van der Waals surface area (Å²) in [6.45, 7) is 9.20. The summed E-state index contributed by atoms with van der Waals surface area (Å²) < 4.78 is 24.7. The Morgan fingerprint density at radius 3 is 2.38 bits per heavy atom. The molecule has 2 saturated heterocycles. The second kappa shape index (κ2) is 14.9. The Labute approximate surface area is 250 Å². The Balaban J connectivity index is 1.74. The fourth-order valence-electron chi connectivity index (χ4n) is 5.98. The first-order valence-corrected chi connectivity index (χ1v) is 15.4. The quantitative estimate of drug-likeness (QED) is 0.136. The molecule has 0 aromatic rings. The van der Waals surface area contributed by atoms with Crippen molar-refractivity contribution in [3.63, 3.8) is 0 Å². The molecule has 0 aromatic heterocycles. The van der Waals surface area contributed by atoms with Crippen molar-refractivity contribution in [2.75, 3.05) is 20.7 Å². The van der Waals surface area contributed by atoms with Gasteiger partial charge in [0.15, 0.2) is 12.6 Å². The number of nitrogens with two attached hydrogens (primary N) is 2. The van der Waals surface area contributed by atoms with Gasteiger partial charge in [0.1, 0.15) is 11.7 Å². The zero-order valence-corrected chi connectivity index (χ0v) is 26.4. The third kappa shape index (κ3) is 8.81. The van der Waals surface area contributed by atoms with Gasteiger partial charge in [-0.2, -0.15) is 0 Å². The molecule has 1 aliphatic carbocycles. The van der Waals surface area contributed by atoms with Gasteiger partial charge >= 0.3 is 0 Å². The Bertz CT molecular complexity index is 864. The highest BCUT2D eigenvalue weighted by molar-refractivity contribution is 5.76. The summed E-state index contributed by atoms with van der Waals surface area (Å²) in [6, 6.07) is -1.82. The van der Waals surface area contributed by atoms with Crippen LogP contribution in [-0.2, 0) is 23.7 Å². The molecule has 0 spiro atoms. The molecule has 2 unspecified atom stereocenters. The van der Waals surface area contributed by atoms with E-state index in [1.807, 2.05) is 27.8 Å². The number of hydrogen-bond donors (Lipinski definition) is 8. The molecule has 0 radical (unpaired) electrons. The molecule has 0 bridgehead atoms. The van der Waals surface area contributed by atoms with Crippen LogP contribution in [0.5, 0.6) is 0 Å². The zero-order chi connectivity index (χ0) is 31.4. The van der Waals surface area contributed by atoms with Crippen LogP contribution in [0.4, 0.5) is 0 Å². The Morgan fingerprint density at radius 1 is 1.10 bits per heavy atom. The summed E-state index contributed by atoms with van der Waals surface area (Å²) in [5, 5.41) is 40.9. The first-order valence-electron chi connectivity index (χ1n) is 15.4. The van der Waals surface area contributed by atoms with Gasteiger partial charge in [-0.15, -0.1) is 0 Å². The molecular weight excluding hydrogens is 546 g/mol. The van der Waals surface area contributed by atoms with Gasteiger partial charge < -0.3 is 61.7 Å². The van der Waals surface area contributed by atoms with Gasteiger partial charge in [-0.05, 0) is 66.0 Å². The Morgan fingerprint density at radius 2 is 1.76 bits per heavy atom. The van der Waals surface area contributed by atoms with Crippen molar-refractivity contribution in [2.45, 2.75) is 152 Å². The largest absolute Gasteiger partial charge is 0.393 e. The average molecular weight is 604 g/mol. The fourth-order valence-corrected chi connectivity index (χ4v) is 5.98. The van der Waals surface area contributed by atoms with Crippen molar-refractivity contribution in [1.29, 1.82) is 0 Å². The lowest BCUT2D eigenvalue weighted by atomic mass is 9.82. The van der Waals surface area contributed by atoms with Crippen molar-refractivity contribution in [2.24, 2.45) is 16.9 Å². The van der Waals surface area contributed by atoms with Gasteiger partial charge in [0, 0.05) is 24.9 Å². The second-order valence-corrected chi connectivity index (χ2v) is 13.5. The molecule has 3 fully saturated rings. The number of rotatable bonds is 12. The molecule has 10 N–H and O–H groups in total. The van der Waals surface area contributed by atoms with E-state index >= 15 is 0 Å². The van der Waals surface area contributed by atoms with E-state index in [0.29, 0.717) is 19.3 Å². The maximum atomic E-state index is 13.1. The number of aliphatic hydroxyl groups is 3. The summed E-state index contributed by atoms with van der Waals surface area (Å²) in [4.78, 5) is 13.1. The number of likely N-dealkylation sites (N-methyl/N-ethyl adjacent to an activating group) is 2. The summed E-state index contributed by atoms with van der Waals surface area (Å²) in [6.07, 6.45) is -1.62. The van der Waals surface area contributed by atoms with E-state index < -0.39 is 66.1 Å². The summed E-state index contributed by atoms with van der Waals surface area (Å²) in [5.41, 5.74) is 11.3. The van der Waals surface area contributed by atoms with Crippen LogP contribution < -0.4 is 27.4 Å². The van der Waals surface area contributed by atoms with Crippen LogP contribution >= 0.6 is 0 Å². The monoisotopic (exact) mass is 603 g/mol. The molecule has 2 heterocycles. The smallest absolute Gasteiger partial charge is 0.220 e. The molecule has 3 aliphatic rings. The number of aliphatic hydroxyl groups excluding tert-OH is 2. The third-order valence-corrected chi connectivity index (χ3v) is 9.61. The minimum absolute atomic E-state index is 0.0284. The summed E-state index contributed by atoms with van der Waals surface area (Å²) in [7, 11) is 3.54. The van der Waals surface area contributed by atoms with Crippen LogP contribution in [0, 0.1) is 5.41 Å². The molecule has 42 heavy (non-hydrogen) atoms. The number of ether oxygens (including phenoxy) is 4. The van der Waals surface area contributed by atoms with Crippen molar-refractivity contribution in [3.05, 3.63) is 0 Å². The van der Waals surface area contributed by atoms with Crippen molar-refractivity contribution >= 4 is 5.91 Å². The third-order valence-electron chi connectivity index (χ3n) is 9.61. The number of carbonyl (C=O) groups excluding carboxylic acids is 1. The molecule has 3 rings (SSSR count). The normalized spacial score (nSPS) is 41.2. The Hall–Kier alpha value is -0.970. The SMILES string of the molecule is CN[C@@H]1[C@@H](O)[C@@H](O[C@@H]2CC(O[C@H]3O[C@H]([C@@H](C)NC)CC[C@H]3N)[C@@H](NC(=O)CCC(C)(C)C(C)O)C[C@H]2N)OC[C@]1(C)O. The molecular formula is C29H57N5O8. The first-order chi connectivity index (χ1) is 19.6. The maximum Gasteiger partial charge on any atom is 0.220 e. The molecule has 1 saturated carbocycles. The van der Waals surface area contributed by atoms with Crippen LogP contribution in [0.15, 0.2) is 0 Å². The minimum Gasteiger partial charge on any atom is -0.393 e. The van der Waals surface area contributed by atoms with Gasteiger partial charge in [0.05, 0.1) is 49.1 Å². The first kappa shape index (κ1) is 35.5. The van der Waals surface area contributed by atoms with Gasteiger partial charge in [-0.25, -0.2) is 0 Å². The van der Waals surface area contributed by atoms with Crippen LogP contribution in [-0.4, -0.2) is 121 Å². The van der Waals surface area contributed by atoms with Gasteiger partial charge in [0.2, 0.25) is 5.91 Å². The number of nitrogens with one attached hydrogen (secondary N) is 3. The highest BCUT2D eigenvalue weighted by atomic mass is 16.7. The van der Waals surface area contributed by atoms with Gasteiger partial charge in [-0.1, -0.05) is 13.8 Å². The standard InChI is InChI=1S/C29H57N5O8/c1-15(32-6)20-9-8-17(30)26(40-20)42-22-13-21(41-27-24(37)25(33-7)29(5,38)14-39-27)18(31)12-19(22)34-23(36)10-11-28(3,4)16(2)35/h15-22,24-27,32-33,35,37-38H,8-14,30-31H2,1-7H3,(H,34,36)/t15-,16?,17-,18-,19+,20+,21-,22?,24-,25-,26-,27-,29+/m1/s1. The van der Waals surface area contributed by atoms with Crippen LogP contribution in [0.1, 0.15) is 73.1 Å². The fraction of sp³-hybridized carbons (Fsp3) is 0.966. The molecule has 2 aliphatic heterocycles. The maximum absolute atomic E-state index is 13.1. The van der Waals surface area contributed by atoms with E-state index in [4.69, 9.17) is 30.4 Å². The molecule has 13 nitrogen and oxygen atoms in total. The van der Waals surface area contributed by atoms with Crippen molar-refractivity contribution < 1.29 is 39.1 Å². The zero-order valence-electron chi connectivity index (χ0n) is 26.4. The lowest BCUT2D eigenvalue weighted by Crippen LogP contribution is -2.66. The minimum atomic E-state index is -1.28. The van der Waals surface area contributed by atoms with Crippen molar-refractivity contribution in [3.8, 4) is 0 Å². The van der Waals surface area contributed by atoms with Crippen LogP contribution in [0.3, 0.4) is 0 Å². The van der Waals surface area contributed by atoms with Gasteiger partial charge in [0.25, 0.3) is 0 Å². The van der Waals surface area contributed by atoms with E-state index in [1.54, 1.807) is 20.9 Å². The highest BCUT2D eigenvalue weighted by Gasteiger charge is 2.49. The van der Waals surface area contributed by atoms with Crippen LogP contribution in [0.2, 0.25) is 0 Å². The number of hydrogen-bond acceptors (Lipinski definition) is 12. The average Bonchev–Trinajstić information content (AvgIpc) is 2.92. The summed E-state index contributed by atoms with van der Waals surface area (Å²) >= 11 is 0. The Kier molecular flexibility index (Phi) is 12.6. The number of amides is 1. The summed E-state index contributed by atoms with van der Waals surface area (Å²) in [5.74, 6) is -0.158. The van der Waals surface area contributed by atoms with Gasteiger partial charge in [-0.3, -0.25) is 4.79 Å². The second-order valence-electron chi connectivity index (χ2n) is 13.5. The molecule has 0 aromatic carbocycles. The number of carbonyl (C=O) groups is 1. The van der Waals surface area contributed by atoms with E-state index in [2.05, 4.69) is 16.0 Å². The predicted molar refractivity (Wildman–Crippen MR) is 157 cm³/mol. The lowest BCUT2D eigenvalue weighted by Gasteiger charge is -2.47. The molecule has 13 atom stereocenters. The molecule has 1 amide bonds. The molecule has 246 valence electrons. The van der Waals surface area contributed by atoms with E-state index in [0.717, 1.165) is 12.8 Å². The van der Waals surface area contributed by atoms with E-state index in [-0.39, 0.29) is 37.1 Å². The van der Waals surface area contributed by atoms with Crippen molar-refractivity contribution in [1.82, 2.24) is 16.0 Å². The predicted octanol–water partition coefficient (Wildman–Crippen LogP) is -0.954. The highest BCUT2D eigenvalue weighted by Crippen LogP contribution is 2.33. The lowest BCUT2D eigenvalue weighted by molar-refractivity contribution is -0.291. The molecule has 13 heteroatoms. The van der Waals surface area contributed by atoms with Crippen LogP contribution in [0.25, 0.3) is 0 Å².